The molecule has 1 unspecified atom stereocenters. The fourth-order valence-electron chi connectivity index (χ4n) is 2.26. The molecule has 0 radical (unpaired) electrons. The molecule has 1 aliphatic rings. The molecule has 0 spiro atoms. The van der Waals surface area contributed by atoms with Gasteiger partial charge in [0.15, 0.2) is 0 Å². The van der Waals surface area contributed by atoms with Crippen LogP contribution in [0.15, 0.2) is 0 Å². The second kappa shape index (κ2) is 6.11. The standard InChI is InChI=1S/C12H23NO2/c1-10(2)9-11(12(14)15)13-7-5-3-4-6-8-13/h10-11H,3-9H2,1-2H3,(H,14,15). The van der Waals surface area contributed by atoms with Gasteiger partial charge in [-0.05, 0) is 38.3 Å². The molecule has 1 N–H and O–H groups in total. The fourth-order valence-corrected chi connectivity index (χ4v) is 2.26. The van der Waals surface area contributed by atoms with Crippen LogP contribution < -0.4 is 0 Å². The van der Waals surface area contributed by atoms with Crippen molar-refractivity contribution in [2.75, 3.05) is 13.1 Å². The maximum Gasteiger partial charge on any atom is 0.320 e. The van der Waals surface area contributed by atoms with E-state index in [1.165, 1.54) is 12.8 Å². The van der Waals surface area contributed by atoms with Crippen LogP contribution in [-0.4, -0.2) is 35.1 Å². The molecule has 3 heteroatoms. The van der Waals surface area contributed by atoms with Crippen molar-refractivity contribution in [3.8, 4) is 0 Å². The van der Waals surface area contributed by atoms with Crippen LogP contribution in [0.2, 0.25) is 0 Å². The third-order valence-electron chi connectivity index (χ3n) is 3.06. The van der Waals surface area contributed by atoms with Crippen LogP contribution in [0.25, 0.3) is 0 Å². The Kier molecular flexibility index (Phi) is 5.09. The predicted octanol–water partition coefficient (Wildman–Crippen LogP) is 2.36. The van der Waals surface area contributed by atoms with Gasteiger partial charge in [0.25, 0.3) is 0 Å². The number of carboxylic acids is 1. The normalized spacial score (nSPS) is 21.3. The first-order valence-corrected chi connectivity index (χ1v) is 6.08. The minimum absolute atomic E-state index is 0.261. The zero-order chi connectivity index (χ0) is 11.3. The molecule has 0 aromatic carbocycles. The van der Waals surface area contributed by atoms with E-state index >= 15 is 0 Å². The number of nitrogens with zero attached hydrogens (tertiary/aromatic N) is 1. The van der Waals surface area contributed by atoms with Gasteiger partial charge in [0.2, 0.25) is 0 Å². The van der Waals surface area contributed by atoms with Crippen molar-refractivity contribution in [2.24, 2.45) is 5.92 Å². The molecule has 1 atom stereocenters. The quantitative estimate of drug-likeness (QED) is 0.779. The molecule has 1 rings (SSSR count). The third kappa shape index (κ3) is 4.20. The lowest BCUT2D eigenvalue weighted by atomic mass is 10.0. The van der Waals surface area contributed by atoms with Crippen LogP contribution in [0.4, 0.5) is 0 Å². The van der Waals surface area contributed by atoms with Gasteiger partial charge in [0.05, 0.1) is 0 Å². The lowest BCUT2D eigenvalue weighted by Crippen LogP contribution is -2.42. The third-order valence-corrected chi connectivity index (χ3v) is 3.06. The van der Waals surface area contributed by atoms with Gasteiger partial charge in [-0.2, -0.15) is 0 Å². The van der Waals surface area contributed by atoms with Crippen molar-refractivity contribution in [3.63, 3.8) is 0 Å². The maximum absolute atomic E-state index is 11.2. The predicted molar refractivity (Wildman–Crippen MR) is 60.9 cm³/mol. The average molecular weight is 213 g/mol. The molecule has 1 fully saturated rings. The number of likely N-dealkylation sites (tertiary alicyclic amines) is 1. The van der Waals surface area contributed by atoms with Crippen LogP contribution in [0.3, 0.4) is 0 Å². The number of hydrogen-bond donors (Lipinski definition) is 1. The van der Waals surface area contributed by atoms with Gasteiger partial charge in [0.1, 0.15) is 6.04 Å². The molecule has 0 aromatic heterocycles. The van der Waals surface area contributed by atoms with Gasteiger partial charge in [0, 0.05) is 0 Å². The van der Waals surface area contributed by atoms with Crippen molar-refractivity contribution in [1.29, 1.82) is 0 Å². The molecule has 0 bridgehead atoms. The summed E-state index contributed by atoms with van der Waals surface area (Å²) in [6.07, 6.45) is 5.59. The van der Waals surface area contributed by atoms with E-state index in [-0.39, 0.29) is 6.04 Å². The lowest BCUT2D eigenvalue weighted by Gasteiger charge is -2.28. The highest BCUT2D eigenvalue weighted by molar-refractivity contribution is 5.73. The second-order valence-corrected chi connectivity index (χ2v) is 4.93. The Bertz CT molecular complexity index is 196. The molecule has 1 aliphatic heterocycles. The summed E-state index contributed by atoms with van der Waals surface area (Å²) >= 11 is 0. The topological polar surface area (TPSA) is 40.5 Å². The zero-order valence-corrected chi connectivity index (χ0v) is 9.91. The highest BCUT2D eigenvalue weighted by Crippen LogP contribution is 2.17. The summed E-state index contributed by atoms with van der Waals surface area (Å²) in [5, 5.41) is 9.22. The van der Waals surface area contributed by atoms with Crippen molar-refractivity contribution in [2.45, 2.75) is 52.0 Å². The van der Waals surface area contributed by atoms with E-state index in [9.17, 15) is 9.90 Å². The Morgan fingerprint density at radius 1 is 1.20 bits per heavy atom. The summed E-state index contributed by atoms with van der Waals surface area (Å²) < 4.78 is 0. The zero-order valence-electron chi connectivity index (χ0n) is 9.91. The van der Waals surface area contributed by atoms with E-state index in [4.69, 9.17) is 0 Å². The van der Waals surface area contributed by atoms with E-state index in [0.29, 0.717) is 5.92 Å². The van der Waals surface area contributed by atoms with Gasteiger partial charge in [-0.15, -0.1) is 0 Å². The van der Waals surface area contributed by atoms with Crippen molar-refractivity contribution in [3.05, 3.63) is 0 Å². The number of carbonyl (C=O) groups is 1. The smallest absolute Gasteiger partial charge is 0.320 e. The SMILES string of the molecule is CC(C)CC(C(=O)O)N1CCCCCC1. The molecule has 1 heterocycles. The Labute approximate surface area is 92.5 Å². The molecule has 0 saturated carbocycles. The first-order chi connectivity index (χ1) is 7.11. The molecule has 0 amide bonds. The van der Waals surface area contributed by atoms with Gasteiger partial charge < -0.3 is 5.11 Å². The monoisotopic (exact) mass is 213 g/mol. The van der Waals surface area contributed by atoms with Gasteiger partial charge >= 0.3 is 5.97 Å². The largest absolute Gasteiger partial charge is 0.480 e. The molecule has 15 heavy (non-hydrogen) atoms. The Balaban J connectivity index is 2.56. The summed E-state index contributed by atoms with van der Waals surface area (Å²) in [4.78, 5) is 13.4. The fraction of sp³-hybridized carbons (Fsp3) is 0.917. The maximum atomic E-state index is 11.2. The van der Waals surface area contributed by atoms with Crippen molar-refractivity contribution in [1.82, 2.24) is 4.90 Å². The minimum atomic E-state index is -0.648. The van der Waals surface area contributed by atoms with Crippen LogP contribution >= 0.6 is 0 Å². The van der Waals surface area contributed by atoms with E-state index in [1.807, 2.05) is 0 Å². The van der Waals surface area contributed by atoms with E-state index in [2.05, 4.69) is 18.7 Å². The van der Waals surface area contributed by atoms with Gasteiger partial charge in [-0.25, -0.2) is 0 Å². The molecule has 1 saturated heterocycles. The molecular weight excluding hydrogens is 190 g/mol. The summed E-state index contributed by atoms with van der Waals surface area (Å²) in [5.74, 6) is -0.194. The first-order valence-electron chi connectivity index (χ1n) is 6.08. The summed E-state index contributed by atoms with van der Waals surface area (Å²) in [6, 6.07) is -0.261. The average Bonchev–Trinajstić information content (AvgIpc) is 2.41. The number of hydrogen-bond acceptors (Lipinski definition) is 2. The molecule has 0 aliphatic carbocycles. The van der Waals surface area contributed by atoms with E-state index in [1.54, 1.807) is 0 Å². The Hall–Kier alpha value is -0.570. The van der Waals surface area contributed by atoms with Crippen molar-refractivity contribution < 1.29 is 9.90 Å². The van der Waals surface area contributed by atoms with Gasteiger partial charge in [-0.3, -0.25) is 9.69 Å². The van der Waals surface area contributed by atoms with Crippen molar-refractivity contribution >= 4 is 5.97 Å². The van der Waals surface area contributed by atoms with E-state index in [0.717, 1.165) is 32.4 Å². The number of aliphatic carboxylic acids is 1. The van der Waals surface area contributed by atoms with Crippen LogP contribution in [0.5, 0.6) is 0 Å². The number of rotatable bonds is 4. The Morgan fingerprint density at radius 3 is 2.13 bits per heavy atom. The lowest BCUT2D eigenvalue weighted by molar-refractivity contribution is -0.144. The summed E-state index contributed by atoms with van der Waals surface area (Å²) in [5.41, 5.74) is 0. The molecular formula is C12H23NO2. The molecule has 88 valence electrons. The highest BCUT2D eigenvalue weighted by atomic mass is 16.4. The van der Waals surface area contributed by atoms with E-state index < -0.39 is 5.97 Å². The van der Waals surface area contributed by atoms with Crippen LogP contribution in [0, 0.1) is 5.92 Å². The molecule has 3 nitrogen and oxygen atoms in total. The van der Waals surface area contributed by atoms with Crippen LogP contribution in [0.1, 0.15) is 46.0 Å². The summed E-state index contributed by atoms with van der Waals surface area (Å²) in [7, 11) is 0. The molecule has 0 aromatic rings. The Morgan fingerprint density at radius 2 is 1.73 bits per heavy atom. The number of carboxylic acid groups (broad SMARTS) is 1. The minimum Gasteiger partial charge on any atom is -0.480 e. The second-order valence-electron chi connectivity index (χ2n) is 4.93. The highest BCUT2D eigenvalue weighted by Gasteiger charge is 2.26. The van der Waals surface area contributed by atoms with Gasteiger partial charge in [-0.1, -0.05) is 26.7 Å². The van der Waals surface area contributed by atoms with Crippen LogP contribution in [-0.2, 0) is 4.79 Å². The summed E-state index contributed by atoms with van der Waals surface area (Å²) in [6.45, 7) is 6.11. The first kappa shape index (κ1) is 12.5.